The van der Waals surface area contributed by atoms with Crippen molar-refractivity contribution < 1.29 is 4.79 Å². The van der Waals surface area contributed by atoms with Gasteiger partial charge < -0.3 is 15.5 Å². The van der Waals surface area contributed by atoms with Gasteiger partial charge in [-0.25, -0.2) is 14.0 Å². The molecule has 4 aromatic rings. The van der Waals surface area contributed by atoms with E-state index in [0.29, 0.717) is 23.8 Å². The van der Waals surface area contributed by atoms with Gasteiger partial charge in [0.05, 0.1) is 11.9 Å². The lowest BCUT2D eigenvalue weighted by atomic mass is 10.2. The lowest BCUT2D eigenvalue weighted by Crippen LogP contribution is -2.32. The van der Waals surface area contributed by atoms with Crippen LogP contribution < -0.4 is 10.6 Å². The van der Waals surface area contributed by atoms with E-state index in [1.807, 2.05) is 47.1 Å². The number of hydrogen-bond acceptors (Lipinski definition) is 7. The van der Waals surface area contributed by atoms with Gasteiger partial charge in [-0.3, -0.25) is 4.79 Å². The van der Waals surface area contributed by atoms with Crippen LogP contribution in [-0.4, -0.2) is 66.2 Å². The number of likely N-dealkylation sites (tertiary alicyclic amines) is 1. The van der Waals surface area contributed by atoms with Gasteiger partial charge in [0.15, 0.2) is 11.5 Å². The maximum Gasteiger partial charge on any atom is 0.243 e. The largest absolute Gasteiger partial charge is 0.371 e. The number of fused-ring (bicyclic) bond motifs is 3. The number of rotatable bonds is 4. The molecule has 1 saturated heterocycles. The molecule has 30 heavy (non-hydrogen) atoms. The maximum absolute atomic E-state index is 11.5. The molecule has 5 heterocycles. The van der Waals surface area contributed by atoms with E-state index in [-0.39, 0.29) is 5.91 Å². The van der Waals surface area contributed by atoms with E-state index in [1.165, 1.54) is 0 Å². The Morgan fingerprint density at radius 2 is 1.90 bits per heavy atom. The van der Waals surface area contributed by atoms with Crippen molar-refractivity contribution in [2.75, 3.05) is 30.8 Å². The molecule has 3 atom stereocenters. The molecule has 6 rings (SSSR count). The molecule has 1 aliphatic heterocycles. The molecule has 2 fully saturated rings. The first kappa shape index (κ1) is 17.2. The first-order chi connectivity index (χ1) is 14.6. The summed E-state index contributed by atoms with van der Waals surface area (Å²) in [5, 5.41) is 15.5. The van der Waals surface area contributed by atoms with Gasteiger partial charge >= 0.3 is 0 Å². The summed E-state index contributed by atoms with van der Waals surface area (Å²) in [4.78, 5) is 22.9. The van der Waals surface area contributed by atoms with Gasteiger partial charge in [0.25, 0.3) is 0 Å². The van der Waals surface area contributed by atoms with Gasteiger partial charge in [0.2, 0.25) is 11.9 Å². The van der Waals surface area contributed by atoms with Crippen LogP contribution in [0.5, 0.6) is 0 Å². The molecular formula is C20H21N9O. The first-order valence-electron chi connectivity index (χ1n) is 10.0. The molecule has 1 aliphatic carbocycles. The predicted octanol–water partition coefficient (Wildman–Crippen LogP) is 1.37. The van der Waals surface area contributed by atoms with E-state index in [2.05, 4.69) is 20.8 Å². The van der Waals surface area contributed by atoms with Crippen LogP contribution >= 0.6 is 0 Å². The van der Waals surface area contributed by atoms with Crippen molar-refractivity contribution in [1.29, 1.82) is 0 Å². The molecular weight excluding hydrogens is 382 g/mol. The third-order valence-electron chi connectivity index (χ3n) is 6.22. The van der Waals surface area contributed by atoms with Crippen molar-refractivity contribution in [2.45, 2.75) is 13.0 Å². The standard InChI is InChI=1S/C20H21N9O/c1-11(30)27-9-13-14(10-27)17(13)24-20-25-19(21-2)18-12(4-7-29(18)26-20)15-5-8-28-16(23-15)3-6-22-28/h3-8,13-14,17H,9-10H2,1-2H3,(H2,21,24,25,26)/t13-,14+,17?. The van der Waals surface area contributed by atoms with Crippen molar-refractivity contribution in [3.63, 3.8) is 0 Å². The Bertz CT molecular complexity index is 1280. The topological polar surface area (TPSA) is 105 Å². The molecule has 152 valence electrons. The number of aromatic nitrogens is 6. The zero-order chi connectivity index (χ0) is 20.4. The Kier molecular flexibility index (Phi) is 3.53. The Morgan fingerprint density at radius 3 is 2.67 bits per heavy atom. The number of nitrogens with zero attached hydrogens (tertiary/aromatic N) is 7. The van der Waals surface area contributed by atoms with Crippen LogP contribution in [0.2, 0.25) is 0 Å². The highest BCUT2D eigenvalue weighted by Gasteiger charge is 2.56. The normalized spacial score (nSPS) is 22.5. The third kappa shape index (κ3) is 2.53. The molecule has 4 aromatic heterocycles. The zero-order valence-electron chi connectivity index (χ0n) is 16.6. The van der Waals surface area contributed by atoms with E-state index >= 15 is 0 Å². The summed E-state index contributed by atoms with van der Waals surface area (Å²) in [7, 11) is 1.85. The molecule has 0 radical (unpaired) electrons. The minimum Gasteiger partial charge on any atom is -0.371 e. The fraction of sp³-hybridized carbons (Fsp3) is 0.350. The number of amides is 1. The van der Waals surface area contributed by atoms with Gasteiger partial charge in [-0.05, 0) is 12.1 Å². The summed E-state index contributed by atoms with van der Waals surface area (Å²) >= 11 is 0. The zero-order valence-corrected chi connectivity index (χ0v) is 16.6. The van der Waals surface area contributed by atoms with E-state index in [0.717, 1.165) is 41.3 Å². The van der Waals surface area contributed by atoms with Crippen LogP contribution in [0.25, 0.3) is 22.4 Å². The summed E-state index contributed by atoms with van der Waals surface area (Å²) in [6.45, 7) is 3.26. The summed E-state index contributed by atoms with van der Waals surface area (Å²) in [6, 6.07) is 6.13. The van der Waals surface area contributed by atoms with Crippen molar-refractivity contribution in [3.05, 3.63) is 36.8 Å². The summed E-state index contributed by atoms with van der Waals surface area (Å²) in [5.41, 5.74) is 3.46. The minimum absolute atomic E-state index is 0.152. The SMILES string of the molecule is CNc1nc(NC2[C@H]3CN(C(C)=O)C[C@@H]23)nn2ccc(-c3ccn4nccc4n3)c12. The predicted molar refractivity (Wildman–Crippen MR) is 111 cm³/mol. The van der Waals surface area contributed by atoms with Gasteiger partial charge in [-0.1, -0.05) is 0 Å². The Labute approximate surface area is 171 Å². The second kappa shape index (κ2) is 6.15. The van der Waals surface area contributed by atoms with Crippen molar-refractivity contribution in [2.24, 2.45) is 11.8 Å². The van der Waals surface area contributed by atoms with Crippen LogP contribution in [-0.2, 0) is 4.79 Å². The van der Waals surface area contributed by atoms with Crippen LogP contribution in [0, 0.1) is 11.8 Å². The van der Waals surface area contributed by atoms with Crippen LogP contribution in [0.3, 0.4) is 0 Å². The van der Waals surface area contributed by atoms with E-state index in [9.17, 15) is 4.79 Å². The summed E-state index contributed by atoms with van der Waals surface area (Å²) < 4.78 is 3.57. The highest BCUT2D eigenvalue weighted by Crippen LogP contribution is 2.47. The van der Waals surface area contributed by atoms with Crippen LogP contribution in [0.15, 0.2) is 36.8 Å². The molecule has 1 unspecified atom stereocenters. The fourth-order valence-corrected chi connectivity index (χ4v) is 4.58. The quantitative estimate of drug-likeness (QED) is 0.530. The molecule has 1 amide bonds. The number of carbonyl (C=O) groups excluding carboxylic acids is 1. The number of hydrogen-bond donors (Lipinski definition) is 2. The second-order valence-corrected chi connectivity index (χ2v) is 7.93. The minimum atomic E-state index is 0.152. The third-order valence-corrected chi connectivity index (χ3v) is 6.22. The van der Waals surface area contributed by atoms with Gasteiger partial charge in [0, 0.05) is 69.0 Å². The van der Waals surface area contributed by atoms with Crippen molar-refractivity contribution >= 4 is 28.8 Å². The molecule has 0 spiro atoms. The van der Waals surface area contributed by atoms with Gasteiger partial charge in [-0.15, -0.1) is 5.10 Å². The average molecular weight is 403 g/mol. The van der Waals surface area contributed by atoms with Gasteiger partial charge in [0.1, 0.15) is 5.52 Å². The average Bonchev–Trinajstić information content (AvgIpc) is 3.23. The lowest BCUT2D eigenvalue weighted by Gasteiger charge is -2.18. The Hall–Kier alpha value is -3.69. The Morgan fingerprint density at radius 1 is 1.10 bits per heavy atom. The maximum atomic E-state index is 11.5. The molecule has 2 N–H and O–H groups in total. The van der Waals surface area contributed by atoms with Crippen molar-refractivity contribution in [1.82, 2.24) is 34.1 Å². The highest BCUT2D eigenvalue weighted by molar-refractivity contribution is 5.87. The van der Waals surface area contributed by atoms with Crippen LogP contribution in [0.1, 0.15) is 6.92 Å². The molecule has 1 saturated carbocycles. The molecule has 0 aromatic carbocycles. The summed E-state index contributed by atoms with van der Waals surface area (Å²) in [6.07, 6.45) is 5.55. The number of piperidine rings is 1. The first-order valence-corrected chi connectivity index (χ1v) is 10.0. The number of nitrogens with one attached hydrogen (secondary N) is 2. The number of anilines is 2. The lowest BCUT2D eigenvalue weighted by molar-refractivity contribution is -0.128. The van der Waals surface area contributed by atoms with Crippen molar-refractivity contribution in [3.8, 4) is 11.3 Å². The molecule has 0 bridgehead atoms. The van der Waals surface area contributed by atoms with Crippen LogP contribution in [0.4, 0.5) is 11.8 Å². The monoisotopic (exact) mass is 403 g/mol. The van der Waals surface area contributed by atoms with E-state index < -0.39 is 0 Å². The molecule has 10 nitrogen and oxygen atoms in total. The summed E-state index contributed by atoms with van der Waals surface area (Å²) in [5.74, 6) is 2.44. The molecule has 10 heteroatoms. The molecule has 2 aliphatic rings. The van der Waals surface area contributed by atoms with Gasteiger partial charge in [-0.2, -0.15) is 10.1 Å². The van der Waals surface area contributed by atoms with E-state index in [4.69, 9.17) is 9.97 Å². The fourth-order valence-electron chi connectivity index (χ4n) is 4.58. The smallest absolute Gasteiger partial charge is 0.243 e. The Balaban J connectivity index is 1.31. The van der Waals surface area contributed by atoms with E-state index in [1.54, 1.807) is 17.6 Å². The second-order valence-electron chi connectivity index (χ2n) is 7.93. The highest BCUT2D eigenvalue weighted by atomic mass is 16.2. The number of carbonyl (C=O) groups is 1.